The van der Waals surface area contributed by atoms with Crippen molar-refractivity contribution in [3.05, 3.63) is 76.8 Å². The Morgan fingerprint density at radius 3 is 2.54 bits per heavy atom. The molecule has 3 nitrogen and oxygen atoms in total. The van der Waals surface area contributed by atoms with Crippen molar-refractivity contribution < 1.29 is 0 Å². The van der Waals surface area contributed by atoms with Gasteiger partial charge in [0.05, 0.1) is 5.69 Å². The summed E-state index contributed by atoms with van der Waals surface area (Å²) < 4.78 is 2.50. The molecule has 0 saturated heterocycles. The monoisotopic (exact) mass is 331 g/mol. The van der Waals surface area contributed by atoms with Gasteiger partial charge >= 0.3 is 0 Å². The summed E-state index contributed by atoms with van der Waals surface area (Å²) in [7, 11) is 0. The average Bonchev–Trinajstić information content (AvgIpc) is 3.02. The first-order valence-electron chi connectivity index (χ1n) is 7.87. The van der Waals surface area contributed by atoms with Gasteiger partial charge in [-0.3, -0.25) is 4.40 Å². The van der Waals surface area contributed by atoms with E-state index >= 15 is 0 Å². The minimum atomic E-state index is 0.553. The number of benzene rings is 2. The third kappa shape index (κ3) is 2.45. The second kappa shape index (κ2) is 5.73. The van der Waals surface area contributed by atoms with Gasteiger partial charge in [-0.05, 0) is 37.2 Å². The van der Waals surface area contributed by atoms with E-state index in [0.29, 0.717) is 4.77 Å². The number of aromatic amines is 1. The highest BCUT2D eigenvalue weighted by atomic mass is 32.1. The molecule has 1 N–H and O–H groups in total. The van der Waals surface area contributed by atoms with Crippen LogP contribution in [0.25, 0.3) is 28.0 Å². The molecule has 0 aliphatic rings. The Labute approximate surface area is 145 Å². The van der Waals surface area contributed by atoms with Crippen LogP contribution in [0.3, 0.4) is 0 Å². The Balaban J connectivity index is 1.98. The average molecular weight is 331 g/mol. The fourth-order valence-corrected chi connectivity index (χ4v) is 3.28. The Hall–Kier alpha value is -2.72. The van der Waals surface area contributed by atoms with E-state index in [1.54, 1.807) is 0 Å². The molecule has 0 radical (unpaired) electrons. The molecule has 2 aromatic heterocycles. The zero-order chi connectivity index (χ0) is 16.7. The summed E-state index contributed by atoms with van der Waals surface area (Å²) in [6, 6.07) is 16.7. The maximum Gasteiger partial charge on any atom is 0.205 e. The fraction of sp³-hybridized carbons (Fsp3) is 0.100. The molecule has 0 atom stereocenters. The lowest BCUT2D eigenvalue weighted by Gasteiger charge is -2.04. The van der Waals surface area contributed by atoms with Crippen LogP contribution >= 0.6 is 12.2 Å². The molecule has 0 unspecified atom stereocenters. The van der Waals surface area contributed by atoms with Crippen molar-refractivity contribution >= 4 is 17.9 Å². The minimum absolute atomic E-state index is 0.553. The summed E-state index contributed by atoms with van der Waals surface area (Å²) in [6.45, 7) is 4.24. The number of nitrogens with one attached hydrogen (secondary N) is 1. The third-order valence-electron chi connectivity index (χ3n) is 4.27. The maximum atomic E-state index is 5.41. The summed E-state index contributed by atoms with van der Waals surface area (Å²) in [5.41, 5.74) is 7.85. The summed E-state index contributed by atoms with van der Waals surface area (Å²) >= 11 is 5.41. The number of H-pyrrole nitrogens is 1. The van der Waals surface area contributed by atoms with Crippen LogP contribution in [0.2, 0.25) is 0 Å². The number of fused-ring (bicyclic) bond motifs is 1. The minimum Gasteiger partial charge on any atom is -0.339 e. The van der Waals surface area contributed by atoms with Gasteiger partial charge in [0.15, 0.2) is 0 Å². The fourth-order valence-electron chi connectivity index (χ4n) is 3.09. The van der Waals surface area contributed by atoms with Crippen LogP contribution in [-0.4, -0.2) is 14.4 Å². The molecule has 0 aliphatic carbocycles. The lowest BCUT2D eigenvalue weighted by molar-refractivity contribution is 1.06. The molecular weight excluding hydrogens is 314 g/mol. The molecule has 0 amide bonds. The van der Waals surface area contributed by atoms with Gasteiger partial charge in [-0.2, -0.15) is 0 Å². The zero-order valence-electron chi connectivity index (χ0n) is 13.6. The summed E-state index contributed by atoms with van der Waals surface area (Å²) in [4.78, 5) is 7.92. The van der Waals surface area contributed by atoms with Crippen molar-refractivity contribution in [3.8, 4) is 22.4 Å². The topological polar surface area (TPSA) is 33.1 Å². The van der Waals surface area contributed by atoms with Crippen LogP contribution in [0, 0.1) is 18.6 Å². The van der Waals surface area contributed by atoms with E-state index in [2.05, 4.69) is 54.1 Å². The summed E-state index contributed by atoms with van der Waals surface area (Å²) in [5, 5.41) is 0. The quantitative estimate of drug-likeness (QED) is 0.503. The smallest absolute Gasteiger partial charge is 0.205 e. The van der Waals surface area contributed by atoms with Gasteiger partial charge < -0.3 is 4.98 Å². The molecule has 4 heteroatoms. The van der Waals surface area contributed by atoms with Gasteiger partial charge in [0.2, 0.25) is 4.77 Å². The number of aromatic nitrogens is 3. The second-order valence-corrected chi connectivity index (χ2v) is 6.39. The molecule has 4 aromatic rings. The van der Waals surface area contributed by atoms with E-state index in [-0.39, 0.29) is 0 Å². The van der Waals surface area contributed by atoms with Gasteiger partial charge in [-0.1, -0.05) is 54.1 Å². The Morgan fingerprint density at radius 2 is 1.79 bits per heavy atom. The first kappa shape index (κ1) is 14.8. The van der Waals surface area contributed by atoms with Gasteiger partial charge in [-0.25, -0.2) is 4.98 Å². The lowest BCUT2D eigenvalue weighted by Crippen LogP contribution is -1.92. The molecule has 0 bridgehead atoms. The lowest BCUT2D eigenvalue weighted by atomic mass is 10.0. The summed E-state index contributed by atoms with van der Waals surface area (Å²) in [5.74, 6) is 0. The van der Waals surface area contributed by atoms with Crippen molar-refractivity contribution in [1.29, 1.82) is 0 Å². The third-order valence-corrected chi connectivity index (χ3v) is 4.58. The number of rotatable bonds is 2. The molecule has 24 heavy (non-hydrogen) atoms. The molecule has 0 saturated carbocycles. The highest BCUT2D eigenvalue weighted by Crippen LogP contribution is 2.28. The van der Waals surface area contributed by atoms with Crippen LogP contribution in [0.15, 0.2) is 60.9 Å². The van der Waals surface area contributed by atoms with Crippen molar-refractivity contribution in [1.82, 2.24) is 14.4 Å². The predicted octanol–water partition coefficient (Wildman–Crippen LogP) is 5.34. The van der Waals surface area contributed by atoms with E-state index in [4.69, 9.17) is 12.2 Å². The van der Waals surface area contributed by atoms with Crippen LogP contribution < -0.4 is 0 Å². The molecule has 4 rings (SSSR count). The van der Waals surface area contributed by atoms with E-state index in [1.165, 1.54) is 16.7 Å². The SMILES string of the molecule is Cc1ccc(-c2cn3c(=S)ncc(-c4ccccc4)c3[nH]2)c(C)c1. The number of imidazole rings is 1. The number of nitrogens with zero attached hydrogens (tertiary/aromatic N) is 2. The van der Waals surface area contributed by atoms with Gasteiger partial charge in [-0.15, -0.1) is 0 Å². The molecule has 118 valence electrons. The number of hydrogen-bond acceptors (Lipinski definition) is 2. The van der Waals surface area contributed by atoms with Gasteiger partial charge in [0.1, 0.15) is 5.65 Å². The molecule has 2 aromatic carbocycles. The maximum absolute atomic E-state index is 5.41. The van der Waals surface area contributed by atoms with E-state index in [1.807, 2.05) is 35.0 Å². The molecular formula is C20H17N3S. The van der Waals surface area contributed by atoms with Crippen LogP contribution in [0.4, 0.5) is 0 Å². The normalized spacial score (nSPS) is 11.1. The van der Waals surface area contributed by atoms with E-state index in [0.717, 1.165) is 22.5 Å². The number of aryl methyl sites for hydroxylation is 2. The second-order valence-electron chi connectivity index (χ2n) is 6.03. The molecule has 2 heterocycles. The standard InChI is InChI=1S/C20H17N3S/c1-13-8-9-16(14(2)10-13)18-12-23-19(22-18)17(11-21-20(23)24)15-6-4-3-5-7-15/h3-12,22H,1-2H3. The van der Waals surface area contributed by atoms with Crippen molar-refractivity contribution in [3.63, 3.8) is 0 Å². The van der Waals surface area contributed by atoms with Crippen molar-refractivity contribution in [2.45, 2.75) is 13.8 Å². The first-order valence-corrected chi connectivity index (χ1v) is 8.28. The molecule has 0 spiro atoms. The van der Waals surface area contributed by atoms with Crippen LogP contribution in [0.5, 0.6) is 0 Å². The van der Waals surface area contributed by atoms with Crippen molar-refractivity contribution in [2.75, 3.05) is 0 Å². The Bertz CT molecular complexity index is 1090. The highest BCUT2D eigenvalue weighted by Gasteiger charge is 2.11. The highest BCUT2D eigenvalue weighted by molar-refractivity contribution is 7.71. The van der Waals surface area contributed by atoms with Crippen LogP contribution in [-0.2, 0) is 0 Å². The molecule has 0 aliphatic heterocycles. The molecule has 0 fully saturated rings. The van der Waals surface area contributed by atoms with E-state index in [9.17, 15) is 0 Å². The largest absolute Gasteiger partial charge is 0.339 e. The van der Waals surface area contributed by atoms with Crippen molar-refractivity contribution in [2.24, 2.45) is 0 Å². The van der Waals surface area contributed by atoms with Gasteiger partial charge in [0, 0.05) is 23.5 Å². The predicted molar refractivity (Wildman–Crippen MR) is 101 cm³/mol. The van der Waals surface area contributed by atoms with E-state index < -0.39 is 0 Å². The Morgan fingerprint density at radius 1 is 1.00 bits per heavy atom. The zero-order valence-corrected chi connectivity index (χ0v) is 14.4. The van der Waals surface area contributed by atoms with Crippen LogP contribution in [0.1, 0.15) is 11.1 Å². The summed E-state index contributed by atoms with van der Waals surface area (Å²) in [6.07, 6.45) is 3.88. The van der Waals surface area contributed by atoms with Gasteiger partial charge in [0.25, 0.3) is 0 Å². The number of hydrogen-bond donors (Lipinski definition) is 1. The first-order chi connectivity index (χ1) is 11.6. The Kier molecular flexibility index (Phi) is 3.54.